The molecular formula is C22H22N4O5. The second kappa shape index (κ2) is 8.39. The first-order valence-corrected chi connectivity index (χ1v) is 9.69. The maximum Gasteiger partial charge on any atom is 0.325 e. The molecule has 0 spiro atoms. The zero-order valence-corrected chi connectivity index (χ0v) is 17.1. The molecule has 2 heterocycles. The summed E-state index contributed by atoms with van der Waals surface area (Å²) in [6, 6.07) is 11.1. The molecule has 1 aliphatic rings. The normalized spacial score (nSPS) is 15.8. The average Bonchev–Trinajstić information content (AvgIpc) is 3.35. The van der Waals surface area contributed by atoms with Crippen LogP contribution in [0.3, 0.4) is 0 Å². The topological polar surface area (TPSA) is 113 Å². The number of carbonyl (C=O) groups is 3. The van der Waals surface area contributed by atoms with Crippen molar-refractivity contribution in [3.63, 3.8) is 0 Å². The summed E-state index contributed by atoms with van der Waals surface area (Å²) in [5, 5.41) is 6.27. The molecule has 4 rings (SSSR count). The first-order chi connectivity index (χ1) is 15.0. The second-order valence-corrected chi connectivity index (χ2v) is 7.11. The maximum atomic E-state index is 12.8. The van der Waals surface area contributed by atoms with Crippen LogP contribution in [0.4, 0.5) is 10.5 Å². The molecule has 1 aliphatic heterocycles. The largest absolute Gasteiger partial charge is 0.493 e. The molecule has 0 bridgehead atoms. The lowest BCUT2D eigenvalue weighted by atomic mass is 10.1. The molecule has 3 N–H and O–H groups in total. The molecule has 1 fully saturated rings. The highest BCUT2D eigenvalue weighted by Crippen LogP contribution is 2.28. The zero-order valence-electron chi connectivity index (χ0n) is 17.1. The minimum atomic E-state index is -0.918. The van der Waals surface area contributed by atoms with Crippen molar-refractivity contribution in [2.75, 3.05) is 19.5 Å². The van der Waals surface area contributed by atoms with Crippen molar-refractivity contribution < 1.29 is 23.9 Å². The van der Waals surface area contributed by atoms with Crippen LogP contribution < -0.4 is 20.1 Å². The number of fused-ring (bicyclic) bond motifs is 1. The van der Waals surface area contributed by atoms with Crippen LogP contribution in [0.25, 0.3) is 10.9 Å². The fourth-order valence-electron chi connectivity index (χ4n) is 3.61. The van der Waals surface area contributed by atoms with E-state index in [0.717, 1.165) is 15.8 Å². The lowest BCUT2D eigenvalue weighted by molar-refractivity contribution is -0.130. The Labute approximate surface area is 178 Å². The van der Waals surface area contributed by atoms with Gasteiger partial charge in [0.15, 0.2) is 11.5 Å². The summed E-state index contributed by atoms with van der Waals surface area (Å²) in [6.45, 7) is 0.0613. The van der Waals surface area contributed by atoms with E-state index in [2.05, 4.69) is 15.6 Å². The number of benzene rings is 2. The van der Waals surface area contributed by atoms with Crippen molar-refractivity contribution >= 4 is 34.4 Å². The Morgan fingerprint density at radius 1 is 1.10 bits per heavy atom. The number of urea groups is 1. The fraction of sp³-hybridized carbons (Fsp3) is 0.227. The number of H-pyrrole nitrogens is 1. The number of amides is 4. The van der Waals surface area contributed by atoms with Crippen molar-refractivity contribution in [2.45, 2.75) is 19.0 Å². The Hall–Kier alpha value is -4.01. The molecule has 2 aromatic carbocycles. The van der Waals surface area contributed by atoms with Crippen molar-refractivity contribution in [3.05, 3.63) is 54.2 Å². The number of nitrogens with one attached hydrogen (secondary N) is 3. The molecule has 1 atom stereocenters. The summed E-state index contributed by atoms with van der Waals surface area (Å²) in [5.74, 6) is 0.243. The third-order valence-electron chi connectivity index (χ3n) is 5.15. The Morgan fingerprint density at radius 3 is 2.68 bits per heavy atom. The first kappa shape index (κ1) is 20.3. The summed E-state index contributed by atoms with van der Waals surface area (Å²) in [4.78, 5) is 41.8. The standard InChI is InChI=1S/C22H22N4O5/c1-30-18-7-6-13(10-19(18)31-2)12-26-21(28)17(25-22(26)29)11-20(27)24-16-5-3-4-15-14(16)8-9-23-15/h3-10,17,23H,11-12H2,1-2H3,(H,24,27)(H,25,29)/t17-/m0/s1. The number of rotatable bonds is 7. The van der Waals surface area contributed by atoms with Crippen molar-refractivity contribution in [3.8, 4) is 11.5 Å². The van der Waals surface area contributed by atoms with Crippen molar-refractivity contribution in [2.24, 2.45) is 0 Å². The third-order valence-corrected chi connectivity index (χ3v) is 5.15. The van der Waals surface area contributed by atoms with Gasteiger partial charge in [0.05, 0.1) is 32.9 Å². The van der Waals surface area contributed by atoms with Gasteiger partial charge in [0.25, 0.3) is 5.91 Å². The van der Waals surface area contributed by atoms with E-state index in [-0.39, 0.29) is 18.9 Å². The van der Waals surface area contributed by atoms with Crippen LogP contribution in [-0.4, -0.2) is 48.0 Å². The number of ether oxygens (including phenoxy) is 2. The summed E-state index contributed by atoms with van der Waals surface area (Å²) in [7, 11) is 3.04. The summed E-state index contributed by atoms with van der Waals surface area (Å²) >= 11 is 0. The zero-order chi connectivity index (χ0) is 22.0. The molecule has 4 amide bonds. The van der Waals surface area contributed by atoms with Crippen LogP contribution in [0.1, 0.15) is 12.0 Å². The van der Waals surface area contributed by atoms with Crippen LogP contribution in [0.15, 0.2) is 48.7 Å². The van der Waals surface area contributed by atoms with Gasteiger partial charge in [-0.1, -0.05) is 12.1 Å². The van der Waals surface area contributed by atoms with Crippen LogP contribution in [0.2, 0.25) is 0 Å². The second-order valence-electron chi connectivity index (χ2n) is 7.11. The number of nitrogens with zero attached hydrogens (tertiary/aromatic N) is 1. The number of imide groups is 1. The number of hydrogen-bond acceptors (Lipinski definition) is 5. The van der Waals surface area contributed by atoms with Gasteiger partial charge in [-0.25, -0.2) is 4.79 Å². The Morgan fingerprint density at radius 2 is 1.90 bits per heavy atom. The van der Waals surface area contributed by atoms with Crippen LogP contribution in [-0.2, 0) is 16.1 Å². The molecule has 0 radical (unpaired) electrons. The highest BCUT2D eigenvalue weighted by Gasteiger charge is 2.39. The average molecular weight is 422 g/mol. The van der Waals surface area contributed by atoms with Gasteiger partial charge < -0.3 is 25.1 Å². The smallest absolute Gasteiger partial charge is 0.325 e. The number of aromatic amines is 1. The molecule has 31 heavy (non-hydrogen) atoms. The van der Waals surface area contributed by atoms with E-state index in [1.807, 2.05) is 18.2 Å². The van der Waals surface area contributed by atoms with E-state index < -0.39 is 18.0 Å². The quantitative estimate of drug-likeness (QED) is 0.507. The lowest BCUT2D eigenvalue weighted by Crippen LogP contribution is -2.34. The highest BCUT2D eigenvalue weighted by molar-refractivity contribution is 6.08. The Bertz CT molecular complexity index is 1160. The number of anilines is 1. The number of carbonyl (C=O) groups excluding carboxylic acids is 3. The monoisotopic (exact) mass is 422 g/mol. The molecule has 0 aliphatic carbocycles. The number of aromatic nitrogens is 1. The lowest BCUT2D eigenvalue weighted by Gasteiger charge is -2.15. The van der Waals surface area contributed by atoms with Crippen molar-refractivity contribution in [1.82, 2.24) is 15.2 Å². The van der Waals surface area contributed by atoms with E-state index in [1.54, 1.807) is 30.5 Å². The van der Waals surface area contributed by atoms with Gasteiger partial charge in [-0.3, -0.25) is 14.5 Å². The summed E-state index contributed by atoms with van der Waals surface area (Å²) < 4.78 is 10.5. The molecule has 160 valence electrons. The molecule has 0 saturated carbocycles. The third kappa shape index (κ3) is 4.02. The van der Waals surface area contributed by atoms with Gasteiger partial charge in [0.2, 0.25) is 5.91 Å². The van der Waals surface area contributed by atoms with E-state index in [1.165, 1.54) is 14.2 Å². The molecule has 3 aromatic rings. The van der Waals surface area contributed by atoms with Crippen LogP contribution in [0.5, 0.6) is 11.5 Å². The molecular weight excluding hydrogens is 400 g/mol. The Kier molecular flexibility index (Phi) is 5.48. The SMILES string of the molecule is COc1ccc(CN2C(=O)N[C@@H](CC(=O)Nc3cccc4[nH]ccc34)C2=O)cc1OC. The van der Waals surface area contributed by atoms with E-state index in [4.69, 9.17) is 9.47 Å². The summed E-state index contributed by atoms with van der Waals surface area (Å²) in [6.07, 6.45) is 1.63. The van der Waals surface area contributed by atoms with E-state index in [0.29, 0.717) is 22.7 Å². The number of methoxy groups -OCH3 is 2. The predicted molar refractivity (Wildman–Crippen MR) is 114 cm³/mol. The summed E-state index contributed by atoms with van der Waals surface area (Å²) in [5.41, 5.74) is 2.23. The van der Waals surface area contributed by atoms with Gasteiger partial charge >= 0.3 is 6.03 Å². The Balaban J connectivity index is 1.42. The molecule has 1 aromatic heterocycles. The molecule has 9 nitrogen and oxygen atoms in total. The highest BCUT2D eigenvalue weighted by atomic mass is 16.5. The molecule has 1 saturated heterocycles. The van der Waals surface area contributed by atoms with Crippen LogP contribution >= 0.6 is 0 Å². The number of hydrogen-bond donors (Lipinski definition) is 3. The van der Waals surface area contributed by atoms with Gasteiger partial charge in [-0.05, 0) is 35.9 Å². The van der Waals surface area contributed by atoms with Crippen molar-refractivity contribution in [1.29, 1.82) is 0 Å². The maximum absolute atomic E-state index is 12.8. The minimum Gasteiger partial charge on any atom is -0.493 e. The molecule has 0 unspecified atom stereocenters. The van der Waals surface area contributed by atoms with Gasteiger partial charge in [-0.15, -0.1) is 0 Å². The van der Waals surface area contributed by atoms with E-state index >= 15 is 0 Å². The van der Waals surface area contributed by atoms with E-state index in [9.17, 15) is 14.4 Å². The van der Waals surface area contributed by atoms with Gasteiger partial charge in [0, 0.05) is 17.1 Å². The fourth-order valence-corrected chi connectivity index (χ4v) is 3.61. The molecule has 9 heteroatoms. The van der Waals surface area contributed by atoms with Gasteiger partial charge in [0.1, 0.15) is 6.04 Å². The predicted octanol–water partition coefficient (Wildman–Crippen LogP) is 2.63. The first-order valence-electron chi connectivity index (χ1n) is 9.69. The minimum absolute atomic E-state index is 0.0613. The van der Waals surface area contributed by atoms with Gasteiger partial charge in [-0.2, -0.15) is 0 Å². The van der Waals surface area contributed by atoms with Crippen LogP contribution in [0, 0.1) is 0 Å².